The number of piperidine rings is 1. The van der Waals surface area contributed by atoms with Gasteiger partial charge in [-0.1, -0.05) is 5.16 Å². The topological polar surface area (TPSA) is 41.9 Å². The zero-order chi connectivity index (χ0) is 11.8. The predicted molar refractivity (Wildman–Crippen MR) is 64.4 cm³/mol. The molecule has 0 atom stereocenters. The van der Waals surface area contributed by atoms with Crippen LogP contribution in [0.1, 0.15) is 46.0 Å². The van der Waals surface area contributed by atoms with Crippen LogP contribution in [-0.2, 0) is 9.63 Å². The molecule has 4 heteroatoms. The van der Waals surface area contributed by atoms with Crippen LogP contribution in [0.3, 0.4) is 0 Å². The number of likely N-dealkylation sites (tertiary alicyclic amines) is 1. The number of rotatable bonds is 5. The van der Waals surface area contributed by atoms with Crippen LogP contribution < -0.4 is 0 Å². The third kappa shape index (κ3) is 5.14. The smallest absolute Gasteiger partial charge is 0.222 e. The van der Waals surface area contributed by atoms with Gasteiger partial charge in [-0.3, -0.25) is 4.79 Å². The Morgan fingerprint density at radius 2 is 1.94 bits per heavy atom. The summed E-state index contributed by atoms with van der Waals surface area (Å²) in [4.78, 5) is 18.7. The average Bonchev–Trinajstić information content (AvgIpc) is 2.29. The van der Waals surface area contributed by atoms with Gasteiger partial charge in [0, 0.05) is 19.5 Å². The number of carbonyl (C=O) groups excluding carboxylic acids is 1. The van der Waals surface area contributed by atoms with E-state index >= 15 is 0 Å². The Morgan fingerprint density at radius 1 is 1.25 bits per heavy atom. The summed E-state index contributed by atoms with van der Waals surface area (Å²) < 4.78 is 0. The van der Waals surface area contributed by atoms with Crippen LogP contribution in [0.5, 0.6) is 0 Å². The molecular weight excluding hydrogens is 204 g/mol. The fourth-order valence-corrected chi connectivity index (χ4v) is 1.76. The molecule has 0 N–H and O–H groups in total. The van der Waals surface area contributed by atoms with Crippen molar-refractivity contribution in [2.45, 2.75) is 46.0 Å². The van der Waals surface area contributed by atoms with Gasteiger partial charge in [-0.15, -0.1) is 0 Å². The number of carbonyl (C=O) groups is 1. The zero-order valence-electron chi connectivity index (χ0n) is 10.4. The van der Waals surface area contributed by atoms with Crippen LogP contribution in [0.2, 0.25) is 0 Å². The molecule has 0 aliphatic carbocycles. The molecule has 1 saturated heterocycles. The van der Waals surface area contributed by atoms with Gasteiger partial charge in [0.15, 0.2) is 0 Å². The summed E-state index contributed by atoms with van der Waals surface area (Å²) in [7, 11) is 0. The van der Waals surface area contributed by atoms with E-state index < -0.39 is 0 Å². The van der Waals surface area contributed by atoms with Crippen LogP contribution in [0.15, 0.2) is 5.16 Å². The second-order valence-corrected chi connectivity index (χ2v) is 4.42. The van der Waals surface area contributed by atoms with Crippen molar-refractivity contribution < 1.29 is 9.63 Å². The Kier molecular flexibility index (Phi) is 5.90. The third-order valence-electron chi connectivity index (χ3n) is 2.58. The first-order valence-electron chi connectivity index (χ1n) is 6.11. The summed E-state index contributed by atoms with van der Waals surface area (Å²) in [5.41, 5.74) is 0.905. The van der Waals surface area contributed by atoms with E-state index in [-0.39, 0.29) is 5.91 Å². The van der Waals surface area contributed by atoms with Crippen molar-refractivity contribution in [3.8, 4) is 0 Å². The van der Waals surface area contributed by atoms with Crippen molar-refractivity contribution in [3.05, 3.63) is 0 Å². The van der Waals surface area contributed by atoms with Gasteiger partial charge in [-0.2, -0.15) is 0 Å². The van der Waals surface area contributed by atoms with Crippen molar-refractivity contribution in [2.75, 3.05) is 19.7 Å². The first kappa shape index (κ1) is 13.0. The van der Waals surface area contributed by atoms with Gasteiger partial charge in [0.05, 0.1) is 5.71 Å². The summed E-state index contributed by atoms with van der Waals surface area (Å²) >= 11 is 0. The van der Waals surface area contributed by atoms with Gasteiger partial charge in [0.1, 0.15) is 6.61 Å². The molecule has 0 saturated carbocycles. The maximum Gasteiger partial charge on any atom is 0.222 e. The monoisotopic (exact) mass is 226 g/mol. The molecule has 0 aromatic rings. The summed E-state index contributed by atoms with van der Waals surface area (Å²) in [5, 5.41) is 3.83. The molecule has 1 aliphatic heterocycles. The van der Waals surface area contributed by atoms with Gasteiger partial charge < -0.3 is 9.74 Å². The van der Waals surface area contributed by atoms with E-state index in [4.69, 9.17) is 4.84 Å². The van der Waals surface area contributed by atoms with Gasteiger partial charge >= 0.3 is 0 Å². The van der Waals surface area contributed by atoms with Crippen molar-refractivity contribution in [1.82, 2.24) is 4.90 Å². The van der Waals surface area contributed by atoms with E-state index in [0.717, 1.165) is 38.1 Å². The largest absolute Gasteiger partial charge is 0.396 e. The SMILES string of the molecule is CC(C)=NOCCCC(=O)N1CCCCC1. The number of oxime groups is 1. The molecule has 0 spiro atoms. The lowest BCUT2D eigenvalue weighted by molar-refractivity contribution is -0.132. The molecule has 0 unspecified atom stereocenters. The van der Waals surface area contributed by atoms with E-state index in [1.54, 1.807) is 0 Å². The number of hydrogen-bond acceptors (Lipinski definition) is 3. The molecule has 92 valence electrons. The molecule has 1 amide bonds. The molecule has 1 rings (SSSR count). The van der Waals surface area contributed by atoms with Crippen LogP contribution in [0.4, 0.5) is 0 Å². The number of nitrogens with zero attached hydrogens (tertiary/aromatic N) is 2. The third-order valence-corrected chi connectivity index (χ3v) is 2.58. The minimum absolute atomic E-state index is 0.264. The highest BCUT2D eigenvalue weighted by atomic mass is 16.6. The zero-order valence-corrected chi connectivity index (χ0v) is 10.4. The Balaban J connectivity index is 2.07. The Bertz CT molecular complexity index is 241. The molecular formula is C12H22N2O2. The van der Waals surface area contributed by atoms with E-state index in [1.165, 1.54) is 6.42 Å². The highest BCUT2D eigenvalue weighted by Gasteiger charge is 2.15. The molecule has 0 radical (unpaired) electrons. The molecule has 1 heterocycles. The van der Waals surface area contributed by atoms with Gasteiger partial charge in [0.2, 0.25) is 5.91 Å². The van der Waals surface area contributed by atoms with Crippen molar-refractivity contribution in [3.63, 3.8) is 0 Å². The molecule has 1 fully saturated rings. The number of hydrogen-bond donors (Lipinski definition) is 0. The van der Waals surface area contributed by atoms with E-state index in [0.29, 0.717) is 13.0 Å². The predicted octanol–water partition coefficient (Wildman–Crippen LogP) is 2.19. The quantitative estimate of drug-likeness (QED) is 0.409. The van der Waals surface area contributed by atoms with Gasteiger partial charge in [-0.25, -0.2) is 0 Å². The fourth-order valence-electron chi connectivity index (χ4n) is 1.76. The van der Waals surface area contributed by atoms with Gasteiger partial charge in [-0.05, 0) is 39.5 Å². The Hall–Kier alpha value is -1.06. The molecule has 0 aromatic carbocycles. The van der Waals surface area contributed by atoms with E-state index in [9.17, 15) is 4.79 Å². The van der Waals surface area contributed by atoms with Crippen LogP contribution in [0, 0.1) is 0 Å². The highest BCUT2D eigenvalue weighted by molar-refractivity contribution is 5.78. The van der Waals surface area contributed by atoms with Crippen molar-refractivity contribution in [2.24, 2.45) is 5.16 Å². The minimum Gasteiger partial charge on any atom is -0.396 e. The van der Waals surface area contributed by atoms with Crippen molar-refractivity contribution >= 4 is 11.6 Å². The molecule has 0 aromatic heterocycles. The lowest BCUT2D eigenvalue weighted by Crippen LogP contribution is -2.35. The normalized spacial score (nSPS) is 15.8. The molecule has 1 aliphatic rings. The lowest BCUT2D eigenvalue weighted by atomic mass is 10.1. The molecule has 16 heavy (non-hydrogen) atoms. The van der Waals surface area contributed by atoms with Crippen LogP contribution >= 0.6 is 0 Å². The molecule has 0 bridgehead atoms. The second kappa shape index (κ2) is 7.25. The Labute approximate surface area is 97.6 Å². The summed E-state index contributed by atoms with van der Waals surface area (Å²) in [5.74, 6) is 0.264. The van der Waals surface area contributed by atoms with Gasteiger partial charge in [0.25, 0.3) is 0 Å². The molecule has 4 nitrogen and oxygen atoms in total. The second-order valence-electron chi connectivity index (χ2n) is 4.42. The maximum atomic E-state index is 11.7. The number of amides is 1. The average molecular weight is 226 g/mol. The highest BCUT2D eigenvalue weighted by Crippen LogP contribution is 2.10. The summed E-state index contributed by atoms with van der Waals surface area (Å²) in [6.07, 6.45) is 4.91. The van der Waals surface area contributed by atoms with Crippen LogP contribution in [-0.4, -0.2) is 36.2 Å². The first-order valence-corrected chi connectivity index (χ1v) is 6.11. The first-order chi connectivity index (χ1) is 7.70. The van der Waals surface area contributed by atoms with E-state index in [2.05, 4.69) is 5.16 Å². The lowest BCUT2D eigenvalue weighted by Gasteiger charge is -2.26. The van der Waals surface area contributed by atoms with Crippen molar-refractivity contribution in [1.29, 1.82) is 0 Å². The maximum absolute atomic E-state index is 11.7. The summed E-state index contributed by atoms with van der Waals surface area (Å²) in [6.45, 7) is 6.18. The van der Waals surface area contributed by atoms with Crippen LogP contribution in [0.25, 0.3) is 0 Å². The Morgan fingerprint density at radius 3 is 2.56 bits per heavy atom. The summed E-state index contributed by atoms with van der Waals surface area (Å²) in [6, 6.07) is 0. The fraction of sp³-hybridized carbons (Fsp3) is 0.833. The standard InChI is InChI=1S/C12H22N2O2/c1-11(2)13-16-10-6-7-12(15)14-8-4-3-5-9-14/h3-10H2,1-2H3. The minimum atomic E-state index is 0.264. The van der Waals surface area contributed by atoms with E-state index in [1.807, 2.05) is 18.7 Å².